The van der Waals surface area contributed by atoms with Crippen LogP contribution in [0.2, 0.25) is 0 Å². The SMILES string of the molecule is COc1ccc(CCC(=O)NCCn2ccnc2-c2ccccn2)cc1. The third kappa shape index (κ3) is 4.69. The molecule has 0 saturated heterocycles. The average Bonchev–Trinajstić information content (AvgIpc) is 3.16. The summed E-state index contributed by atoms with van der Waals surface area (Å²) in [5, 5.41) is 2.96. The number of rotatable bonds is 8. The molecule has 26 heavy (non-hydrogen) atoms. The summed E-state index contributed by atoms with van der Waals surface area (Å²) in [7, 11) is 1.64. The zero-order valence-electron chi connectivity index (χ0n) is 14.8. The Morgan fingerprint density at radius 1 is 1.12 bits per heavy atom. The van der Waals surface area contributed by atoms with Gasteiger partial charge in [-0.3, -0.25) is 9.78 Å². The van der Waals surface area contributed by atoms with Crippen LogP contribution in [0.5, 0.6) is 5.75 Å². The van der Waals surface area contributed by atoms with Crippen molar-refractivity contribution in [1.29, 1.82) is 0 Å². The molecule has 2 heterocycles. The molecule has 0 aliphatic carbocycles. The quantitative estimate of drug-likeness (QED) is 0.678. The molecule has 2 aromatic heterocycles. The van der Waals surface area contributed by atoms with Crippen LogP contribution in [-0.4, -0.2) is 34.1 Å². The number of pyridine rings is 1. The first kappa shape index (κ1) is 17.7. The van der Waals surface area contributed by atoms with Crippen LogP contribution in [-0.2, 0) is 17.8 Å². The fourth-order valence-corrected chi connectivity index (χ4v) is 2.67. The summed E-state index contributed by atoms with van der Waals surface area (Å²) in [4.78, 5) is 20.7. The van der Waals surface area contributed by atoms with Gasteiger partial charge in [0, 0.05) is 38.1 Å². The maximum atomic E-state index is 12.0. The summed E-state index contributed by atoms with van der Waals surface area (Å²) < 4.78 is 7.13. The molecule has 134 valence electrons. The van der Waals surface area contributed by atoms with Gasteiger partial charge in [0.05, 0.1) is 7.11 Å². The van der Waals surface area contributed by atoms with Gasteiger partial charge in [-0.25, -0.2) is 4.98 Å². The molecule has 0 saturated carbocycles. The van der Waals surface area contributed by atoms with E-state index >= 15 is 0 Å². The standard InChI is InChI=1S/C20H22N4O2/c1-26-17-8-5-16(6-9-17)7-10-19(25)22-12-14-24-15-13-23-20(24)18-4-2-3-11-21-18/h2-6,8-9,11,13,15H,7,10,12,14H2,1H3,(H,22,25). The van der Waals surface area contributed by atoms with Crippen molar-refractivity contribution in [3.8, 4) is 17.3 Å². The molecule has 6 heteroatoms. The monoisotopic (exact) mass is 350 g/mol. The number of amides is 1. The smallest absolute Gasteiger partial charge is 0.220 e. The maximum absolute atomic E-state index is 12.0. The third-order valence-corrected chi connectivity index (χ3v) is 4.08. The van der Waals surface area contributed by atoms with Crippen molar-refractivity contribution < 1.29 is 9.53 Å². The Kier molecular flexibility index (Phi) is 5.98. The minimum atomic E-state index is 0.0420. The van der Waals surface area contributed by atoms with E-state index in [2.05, 4.69) is 15.3 Å². The highest BCUT2D eigenvalue weighted by Gasteiger charge is 2.07. The Balaban J connectivity index is 1.45. The Labute approximate surface area is 152 Å². The van der Waals surface area contributed by atoms with Gasteiger partial charge in [0.1, 0.15) is 11.4 Å². The minimum Gasteiger partial charge on any atom is -0.497 e. The van der Waals surface area contributed by atoms with Crippen LogP contribution in [0, 0.1) is 0 Å². The largest absolute Gasteiger partial charge is 0.497 e. The fourth-order valence-electron chi connectivity index (χ4n) is 2.67. The molecule has 3 rings (SSSR count). The fraction of sp³-hybridized carbons (Fsp3) is 0.250. The number of nitrogens with one attached hydrogen (secondary N) is 1. The molecule has 0 bridgehead atoms. The van der Waals surface area contributed by atoms with Gasteiger partial charge in [-0.05, 0) is 36.2 Å². The number of hydrogen-bond acceptors (Lipinski definition) is 4. The predicted molar refractivity (Wildman–Crippen MR) is 99.8 cm³/mol. The van der Waals surface area contributed by atoms with E-state index in [0.717, 1.165) is 22.8 Å². The first-order chi connectivity index (χ1) is 12.8. The second kappa shape index (κ2) is 8.80. The second-order valence-electron chi connectivity index (χ2n) is 5.86. The van der Waals surface area contributed by atoms with Crippen molar-refractivity contribution in [2.45, 2.75) is 19.4 Å². The highest BCUT2D eigenvalue weighted by atomic mass is 16.5. The molecule has 0 fully saturated rings. The van der Waals surface area contributed by atoms with Gasteiger partial charge in [-0.15, -0.1) is 0 Å². The third-order valence-electron chi connectivity index (χ3n) is 4.08. The Bertz CT molecular complexity index is 829. The zero-order valence-corrected chi connectivity index (χ0v) is 14.8. The van der Waals surface area contributed by atoms with E-state index in [0.29, 0.717) is 25.9 Å². The number of nitrogens with zero attached hydrogens (tertiary/aromatic N) is 3. The lowest BCUT2D eigenvalue weighted by Gasteiger charge is -2.09. The summed E-state index contributed by atoms with van der Waals surface area (Å²) >= 11 is 0. The molecule has 0 unspecified atom stereocenters. The van der Waals surface area contributed by atoms with Gasteiger partial charge in [-0.2, -0.15) is 0 Å². The van der Waals surface area contributed by atoms with Crippen LogP contribution in [0.3, 0.4) is 0 Å². The van der Waals surface area contributed by atoms with Crippen LogP contribution in [0.25, 0.3) is 11.5 Å². The number of hydrogen-bond donors (Lipinski definition) is 1. The number of carbonyl (C=O) groups excluding carboxylic acids is 1. The molecule has 0 radical (unpaired) electrons. The molecule has 3 aromatic rings. The van der Waals surface area contributed by atoms with Crippen molar-refractivity contribution in [2.75, 3.05) is 13.7 Å². The lowest BCUT2D eigenvalue weighted by molar-refractivity contribution is -0.121. The summed E-state index contributed by atoms with van der Waals surface area (Å²) in [6.45, 7) is 1.21. The lowest BCUT2D eigenvalue weighted by atomic mass is 10.1. The number of ether oxygens (including phenoxy) is 1. The first-order valence-electron chi connectivity index (χ1n) is 8.58. The maximum Gasteiger partial charge on any atom is 0.220 e. The Morgan fingerprint density at radius 2 is 1.96 bits per heavy atom. The molecule has 1 amide bonds. The van der Waals surface area contributed by atoms with Gasteiger partial charge in [0.2, 0.25) is 5.91 Å². The normalized spacial score (nSPS) is 10.5. The van der Waals surface area contributed by atoms with Gasteiger partial charge >= 0.3 is 0 Å². The van der Waals surface area contributed by atoms with E-state index in [1.54, 1.807) is 19.5 Å². The number of benzene rings is 1. The van der Waals surface area contributed by atoms with Crippen LogP contribution in [0.15, 0.2) is 61.1 Å². The van der Waals surface area contributed by atoms with Crippen LogP contribution >= 0.6 is 0 Å². The van der Waals surface area contributed by atoms with E-state index in [1.807, 2.05) is 53.2 Å². The Hall–Kier alpha value is -3.15. The lowest BCUT2D eigenvalue weighted by Crippen LogP contribution is -2.27. The van der Waals surface area contributed by atoms with Crippen LogP contribution < -0.4 is 10.1 Å². The highest BCUT2D eigenvalue weighted by molar-refractivity contribution is 5.76. The molecule has 0 aliphatic heterocycles. The number of aromatic nitrogens is 3. The molecule has 0 aliphatic rings. The second-order valence-corrected chi connectivity index (χ2v) is 5.86. The van der Waals surface area contributed by atoms with Crippen molar-refractivity contribution >= 4 is 5.91 Å². The van der Waals surface area contributed by atoms with Gasteiger partial charge in [0.25, 0.3) is 0 Å². The summed E-state index contributed by atoms with van der Waals surface area (Å²) in [5.74, 6) is 1.67. The molecule has 6 nitrogen and oxygen atoms in total. The number of carbonyl (C=O) groups is 1. The van der Waals surface area contributed by atoms with E-state index in [4.69, 9.17) is 4.74 Å². The van der Waals surface area contributed by atoms with Crippen molar-refractivity contribution in [3.05, 3.63) is 66.6 Å². The Morgan fingerprint density at radius 3 is 2.69 bits per heavy atom. The van der Waals surface area contributed by atoms with Crippen molar-refractivity contribution in [2.24, 2.45) is 0 Å². The summed E-state index contributed by atoms with van der Waals surface area (Å²) in [6.07, 6.45) is 6.56. The molecule has 0 atom stereocenters. The molecule has 0 spiro atoms. The van der Waals surface area contributed by atoms with Gasteiger partial charge in [0.15, 0.2) is 5.82 Å². The van der Waals surface area contributed by atoms with E-state index in [9.17, 15) is 4.79 Å². The molecular weight excluding hydrogens is 328 g/mol. The molecule has 1 N–H and O–H groups in total. The summed E-state index contributed by atoms with van der Waals surface area (Å²) in [5.41, 5.74) is 1.94. The van der Waals surface area contributed by atoms with E-state index in [-0.39, 0.29) is 5.91 Å². The molecular formula is C20H22N4O2. The van der Waals surface area contributed by atoms with E-state index in [1.165, 1.54) is 0 Å². The van der Waals surface area contributed by atoms with E-state index < -0.39 is 0 Å². The first-order valence-corrected chi connectivity index (χ1v) is 8.58. The minimum absolute atomic E-state index is 0.0420. The van der Waals surface area contributed by atoms with Crippen molar-refractivity contribution in [3.63, 3.8) is 0 Å². The number of imidazole rings is 1. The van der Waals surface area contributed by atoms with Crippen LogP contribution in [0.1, 0.15) is 12.0 Å². The zero-order chi connectivity index (χ0) is 18.2. The highest BCUT2D eigenvalue weighted by Crippen LogP contribution is 2.14. The predicted octanol–water partition coefficient (Wildman–Crippen LogP) is 2.70. The van der Waals surface area contributed by atoms with Crippen LogP contribution in [0.4, 0.5) is 0 Å². The topological polar surface area (TPSA) is 69.0 Å². The number of methoxy groups -OCH3 is 1. The number of aryl methyl sites for hydroxylation is 1. The average molecular weight is 350 g/mol. The van der Waals surface area contributed by atoms with Crippen molar-refractivity contribution in [1.82, 2.24) is 19.9 Å². The van der Waals surface area contributed by atoms with Gasteiger partial charge < -0.3 is 14.6 Å². The van der Waals surface area contributed by atoms with Gasteiger partial charge in [-0.1, -0.05) is 18.2 Å². The summed E-state index contributed by atoms with van der Waals surface area (Å²) in [6, 6.07) is 13.5. The molecule has 1 aromatic carbocycles.